The Morgan fingerprint density at radius 2 is 1.90 bits per heavy atom. The molecule has 3 rings (SSSR count). The van der Waals surface area contributed by atoms with Crippen molar-refractivity contribution in [1.29, 1.82) is 0 Å². The maximum absolute atomic E-state index is 13.2. The van der Waals surface area contributed by atoms with Crippen molar-refractivity contribution >= 4 is 17.9 Å². The van der Waals surface area contributed by atoms with Gasteiger partial charge >= 0.3 is 6.09 Å². The molecule has 0 aliphatic carbocycles. The minimum atomic E-state index is -0.897. The predicted molar refractivity (Wildman–Crippen MR) is 118 cm³/mol. The van der Waals surface area contributed by atoms with E-state index in [1.165, 1.54) is 0 Å². The Bertz CT molecular complexity index is 757. The van der Waals surface area contributed by atoms with Crippen LogP contribution in [0.3, 0.4) is 0 Å². The SMILES string of the molecule is CCC(C)C1NC(=O)C(NC(=O)OC(C)(C)C)Cc2ccc(cc2)OCCCNC1=O. The maximum Gasteiger partial charge on any atom is 0.408 e. The van der Waals surface area contributed by atoms with Crippen LogP contribution in [0.5, 0.6) is 5.75 Å². The first-order valence-corrected chi connectivity index (χ1v) is 10.9. The van der Waals surface area contributed by atoms with Crippen LogP contribution in [-0.2, 0) is 20.7 Å². The van der Waals surface area contributed by atoms with Crippen LogP contribution in [0.4, 0.5) is 4.79 Å². The molecule has 8 heteroatoms. The zero-order chi connectivity index (χ0) is 23.0. The second kappa shape index (κ2) is 11.0. The Labute approximate surface area is 184 Å². The molecule has 2 bridgehead atoms. The Kier molecular flexibility index (Phi) is 8.71. The number of nitrogens with one attached hydrogen (secondary N) is 3. The highest BCUT2D eigenvalue weighted by molar-refractivity contribution is 5.91. The summed E-state index contributed by atoms with van der Waals surface area (Å²) in [7, 11) is 0. The minimum Gasteiger partial charge on any atom is -0.494 e. The molecule has 0 saturated carbocycles. The van der Waals surface area contributed by atoms with E-state index in [4.69, 9.17) is 9.47 Å². The maximum atomic E-state index is 13.2. The number of carbonyl (C=O) groups is 3. The minimum absolute atomic E-state index is 0.0723. The lowest BCUT2D eigenvalue weighted by Gasteiger charge is -2.27. The molecule has 0 fully saturated rings. The Morgan fingerprint density at radius 1 is 1.23 bits per heavy atom. The normalized spacial score (nSPS) is 21.6. The Balaban J connectivity index is 2.29. The molecule has 3 N–H and O–H groups in total. The molecule has 0 radical (unpaired) electrons. The number of alkyl carbamates (subject to hydrolysis) is 1. The summed E-state index contributed by atoms with van der Waals surface area (Å²) >= 11 is 0. The van der Waals surface area contributed by atoms with Crippen molar-refractivity contribution in [2.24, 2.45) is 5.92 Å². The van der Waals surface area contributed by atoms with E-state index in [2.05, 4.69) is 16.0 Å². The summed E-state index contributed by atoms with van der Waals surface area (Å²) in [6, 6.07) is 5.79. The average Bonchev–Trinajstić information content (AvgIpc) is 2.70. The van der Waals surface area contributed by atoms with Crippen molar-refractivity contribution in [2.75, 3.05) is 13.2 Å². The summed E-state index contributed by atoms with van der Waals surface area (Å²) in [5.74, 6) is -0.0323. The Morgan fingerprint density at radius 3 is 2.52 bits per heavy atom. The van der Waals surface area contributed by atoms with Crippen LogP contribution in [0.2, 0.25) is 0 Å². The number of carbonyl (C=O) groups excluding carboxylic acids is 3. The van der Waals surface area contributed by atoms with E-state index in [0.29, 0.717) is 31.7 Å². The number of fused-ring (bicyclic) bond motifs is 12. The number of ether oxygens (including phenoxy) is 2. The lowest BCUT2D eigenvalue weighted by atomic mass is 9.97. The van der Waals surface area contributed by atoms with Gasteiger partial charge in [-0.05, 0) is 50.8 Å². The predicted octanol–water partition coefficient (Wildman–Crippen LogP) is 2.55. The molecule has 1 aromatic carbocycles. The molecule has 31 heavy (non-hydrogen) atoms. The van der Waals surface area contributed by atoms with Crippen molar-refractivity contribution in [1.82, 2.24) is 16.0 Å². The number of hydrogen-bond donors (Lipinski definition) is 3. The largest absolute Gasteiger partial charge is 0.494 e. The monoisotopic (exact) mass is 433 g/mol. The summed E-state index contributed by atoms with van der Waals surface area (Å²) < 4.78 is 11.0. The molecule has 2 aliphatic heterocycles. The fourth-order valence-electron chi connectivity index (χ4n) is 3.16. The van der Waals surface area contributed by atoms with Gasteiger partial charge in [0, 0.05) is 13.0 Å². The first kappa shape index (κ1) is 24.5. The molecule has 0 aromatic heterocycles. The third-order valence-electron chi connectivity index (χ3n) is 5.05. The molecule has 3 unspecified atom stereocenters. The highest BCUT2D eigenvalue weighted by Crippen LogP contribution is 2.16. The fraction of sp³-hybridized carbons (Fsp3) is 0.609. The van der Waals surface area contributed by atoms with Crippen molar-refractivity contribution < 1.29 is 23.9 Å². The number of hydrogen-bond acceptors (Lipinski definition) is 5. The number of benzene rings is 1. The van der Waals surface area contributed by atoms with Crippen LogP contribution in [0.15, 0.2) is 24.3 Å². The molecule has 3 atom stereocenters. The molecular weight excluding hydrogens is 398 g/mol. The van der Waals surface area contributed by atoms with Gasteiger partial charge in [-0.1, -0.05) is 32.4 Å². The van der Waals surface area contributed by atoms with Gasteiger partial charge in [0.25, 0.3) is 0 Å². The lowest BCUT2D eigenvalue weighted by Crippen LogP contribution is -2.56. The van der Waals surface area contributed by atoms with Gasteiger partial charge in [0.05, 0.1) is 6.61 Å². The molecule has 3 amide bonds. The van der Waals surface area contributed by atoms with Gasteiger partial charge in [0.2, 0.25) is 11.8 Å². The third-order valence-corrected chi connectivity index (χ3v) is 5.05. The van der Waals surface area contributed by atoms with E-state index in [0.717, 1.165) is 5.56 Å². The van der Waals surface area contributed by atoms with Gasteiger partial charge in [-0.15, -0.1) is 0 Å². The van der Waals surface area contributed by atoms with E-state index in [9.17, 15) is 14.4 Å². The quantitative estimate of drug-likeness (QED) is 0.679. The van der Waals surface area contributed by atoms with Gasteiger partial charge < -0.3 is 25.4 Å². The zero-order valence-electron chi connectivity index (χ0n) is 19.1. The van der Waals surface area contributed by atoms with Crippen molar-refractivity contribution in [2.45, 2.75) is 71.6 Å². The van der Waals surface area contributed by atoms with E-state index in [1.54, 1.807) is 20.8 Å². The van der Waals surface area contributed by atoms with Gasteiger partial charge in [0.15, 0.2) is 0 Å². The van der Waals surface area contributed by atoms with E-state index < -0.39 is 29.7 Å². The average molecular weight is 434 g/mol. The molecule has 172 valence electrons. The zero-order valence-corrected chi connectivity index (χ0v) is 19.1. The standard InChI is InChI=1S/C23H35N3O5/c1-6-15(2)19-21(28)24-12-7-13-30-17-10-8-16(9-11-17)14-18(20(27)26-19)25-22(29)31-23(3,4)5/h8-11,15,18-19H,6-7,12-14H2,1-5H3,(H,24,28)(H,25,29)(H,26,27). The molecular formula is C23H35N3O5. The van der Waals surface area contributed by atoms with Crippen LogP contribution in [0.25, 0.3) is 0 Å². The summed E-state index contributed by atoms with van der Waals surface area (Å²) in [5, 5.41) is 8.38. The number of amides is 3. The molecule has 2 heterocycles. The lowest BCUT2D eigenvalue weighted by molar-refractivity contribution is -0.131. The van der Waals surface area contributed by atoms with Crippen LogP contribution in [0, 0.1) is 5.92 Å². The van der Waals surface area contributed by atoms with Crippen LogP contribution < -0.4 is 20.7 Å². The van der Waals surface area contributed by atoms with Gasteiger partial charge in [-0.2, -0.15) is 0 Å². The van der Waals surface area contributed by atoms with E-state index >= 15 is 0 Å². The summed E-state index contributed by atoms with van der Waals surface area (Å²) in [5.41, 5.74) is 0.154. The second-order valence-corrected chi connectivity index (χ2v) is 8.91. The second-order valence-electron chi connectivity index (χ2n) is 8.91. The van der Waals surface area contributed by atoms with Gasteiger partial charge in [-0.3, -0.25) is 9.59 Å². The van der Waals surface area contributed by atoms with Crippen LogP contribution >= 0.6 is 0 Å². The molecule has 2 aliphatic rings. The molecule has 1 aromatic rings. The van der Waals surface area contributed by atoms with Crippen LogP contribution in [-0.4, -0.2) is 48.7 Å². The van der Waals surface area contributed by atoms with E-state index in [-0.39, 0.29) is 18.2 Å². The summed E-state index contributed by atoms with van der Waals surface area (Å²) in [6.07, 6.45) is 0.930. The highest BCUT2D eigenvalue weighted by Gasteiger charge is 2.31. The first-order chi connectivity index (χ1) is 14.6. The fourth-order valence-corrected chi connectivity index (χ4v) is 3.16. The Hall–Kier alpha value is -2.77. The van der Waals surface area contributed by atoms with Crippen molar-refractivity contribution in [3.05, 3.63) is 29.8 Å². The van der Waals surface area contributed by atoms with Gasteiger partial charge in [0.1, 0.15) is 23.4 Å². The third kappa shape index (κ3) is 8.11. The van der Waals surface area contributed by atoms with Gasteiger partial charge in [-0.25, -0.2) is 4.79 Å². The van der Waals surface area contributed by atoms with Crippen molar-refractivity contribution in [3.8, 4) is 5.75 Å². The highest BCUT2D eigenvalue weighted by atomic mass is 16.6. The summed E-state index contributed by atoms with van der Waals surface area (Å²) in [6.45, 7) is 10.1. The molecule has 0 spiro atoms. The topological polar surface area (TPSA) is 106 Å². The smallest absolute Gasteiger partial charge is 0.408 e. The summed E-state index contributed by atoms with van der Waals surface area (Å²) in [4.78, 5) is 38.3. The van der Waals surface area contributed by atoms with Crippen LogP contribution in [0.1, 0.15) is 53.0 Å². The number of rotatable bonds is 3. The molecule has 8 nitrogen and oxygen atoms in total. The first-order valence-electron chi connectivity index (χ1n) is 10.9. The van der Waals surface area contributed by atoms with E-state index in [1.807, 2.05) is 38.1 Å². The molecule has 0 saturated heterocycles. The van der Waals surface area contributed by atoms with Crippen molar-refractivity contribution in [3.63, 3.8) is 0 Å².